The van der Waals surface area contributed by atoms with Gasteiger partial charge in [-0.15, -0.1) is 0 Å². The zero-order valence-electron chi connectivity index (χ0n) is 12.5. The Morgan fingerprint density at radius 3 is 2.82 bits per heavy atom. The third-order valence-corrected chi connectivity index (χ3v) is 4.28. The van der Waals surface area contributed by atoms with Crippen molar-refractivity contribution in [3.05, 3.63) is 18.2 Å². The van der Waals surface area contributed by atoms with Crippen molar-refractivity contribution in [3.63, 3.8) is 0 Å². The number of nitrogens with zero attached hydrogens (tertiary/aromatic N) is 1. The van der Waals surface area contributed by atoms with Crippen molar-refractivity contribution in [2.24, 2.45) is 0 Å². The quantitative estimate of drug-likeness (QED) is 0.864. The molecule has 0 fully saturated rings. The van der Waals surface area contributed by atoms with Crippen LogP contribution in [0.15, 0.2) is 18.2 Å². The summed E-state index contributed by atoms with van der Waals surface area (Å²) < 4.78 is 27.3. The van der Waals surface area contributed by atoms with Crippen molar-refractivity contribution >= 4 is 33.0 Å². The van der Waals surface area contributed by atoms with Crippen molar-refractivity contribution in [2.45, 2.75) is 12.8 Å². The van der Waals surface area contributed by atoms with Gasteiger partial charge in [0.05, 0.1) is 11.4 Å². The minimum atomic E-state index is -3.06. The second kappa shape index (κ2) is 6.35. The summed E-state index contributed by atoms with van der Waals surface area (Å²) in [6.45, 7) is 0.000692. The molecule has 120 valence electrons. The molecule has 22 heavy (non-hydrogen) atoms. The van der Waals surface area contributed by atoms with E-state index in [2.05, 4.69) is 5.32 Å². The minimum absolute atomic E-state index is 0.000692. The van der Waals surface area contributed by atoms with Gasteiger partial charge in [0.15, 0.2) is 6.61 Å². The largest absolute Gasteiger partial charge is 0.482 e. The molecule has 1 N–H and O–H groups in total. The van der Waals surface area contributed by atoms with Gasteiger partial charge in [-0.25, -0.2) is 8.42 Å². The summed E-state index contributed by atoms with van der Waals surface area (Å²) >= 11 is 0. The standard InChI is InChI=1S/C14H18N2O5S/c1-16-11-8-10(5-6-12(11)21-9-14(16)18)15-13(17)4-3-7-22(2,19)20/h5-6,8H,3-4,7,9H2,1-2H3,(H,15,17). The number of hydrogen-bond donors (Lipinski definition) is 1. The molecule has 0 aromatic heterocycles. The fraction of sp³-hybridized carbons (Fsp3) is 0.429. The van der Waals surface area contributed by atoms with Crippen LogP contribution in [0.1, 0.15) is 12.8 Å². The molecular weight excluding hydrogens is 308 g/mol. The molecule has 8 heteroatoms. The molecular formula is C14H18N2O5S. The number of sulfone groups is 1. The smallest absolute Gasteiger partial charge is 0.264 e. The van der Waals surface area contributed by atoms with Crippen LogP contribution in [-0.4, -0.2) is 45.9 Å². The van der Waals surface area contributed by atoms with E-state index in [1.165, 1.54) is 4.90 Å². The highest BCUT2D eigenvalue weighted by Gasteiger charge is 2.22. The van der Waals surface area contributed by atoms with E-state index in [4.69, 9.17) is 4.74 Å². The van der Waals surface area contributed by atoms with Crippen molar-refractivity contribution in [1.29, 1.82) is 0 Å². The molecule has 1 aromatic rings. The molecule has 0 saturated heterocycles. The fourth-order valence-electron chi connectivity index (χ4n) is 2.07. The van der Waals surface area contributed by atoms with E-state index < -0.39 is 9.84 Å². The highest BCUT2D eigenvalue weighted by atomic mass is 32.2. The number of fused-ring (bicyclic) bond motifs is 1. The molecule has 1 aliphatic rings. The molecule has 2 rings (SSSR count). The normalized spacial score (nSPS) is 14.3. The molecule has 0 spiro atoms. The second-order valence-corrected chi connectivity index (χ2v) is 7.47. The average Bonchev–Trinajstić information content (AvgIpc) is 2.42. The number of benzene rings is 1. The van der Waals surface area contributed by atoms with Crippen molar-refractivity contribution < 1.29 is 22.7 Å². The first-order valence-electron chi connectivity index (χ1n) is 6.77. The Balaban J connectivity index is 1.99. The van der Waals surface area contributed by atoms with E-state index >= 15 is 0 Å². The van der Waals surface area contributed by atoms with E-state index in [0.717, 1.165) is 6.26 Å². The van der Waals surface area contributed by atoms with Gasteiger partial charge in [0, 0.05) is 25.4 Å². The van der Waals surface area contributed by atoms with E-state index in [-0.39, 0.29) is 37.0 Å². The van der Waals surface area contributed by atoms with E-state index in [0.29, 0.717) is 17.1 Å². The average molecular weight is 326 g/mol. The van der Waals surface area contributed by atoms with Crippen LogP contribution in [0.2, 0.25) is 0 Å². The minimum Gasteiger partial charge on any atom is -0.482 e. The van der Waals surface area contributed by atoms with Crippen LogP contribution in [0.4, 0.5) is 11.4 Å². The van der Waals surface area contributed by atoms with Gasteiger partial charge in [0.25, 0.3) is 5.91 Å². The maximum atomic E-state index is 11.8. The number of nitrogens with one attached hydrogen (secondary N) is 1. The maximum Gasteiger partial charge on any atom is 0.264 e. The maximum absolute atomic E-state index is 11.8. The number of likely N-dealkylation sites (N-methyl/N-ethyl adjacent to an activating group) is 1. The summed E-state index contributed by atoms with van der Waals surface area (Å²) in [6.07, 6.45) is 1.54. The van der Waals surface area contributed by atoms with Crippen molar-refractivity contribution in [1.82, 2.24) is 0 Å². The number of rotatable bonds is 5. The van der Waals surface area contributed by atoms with Gasteiger partial charge in [-0.1, -0.05) is 0 Å². The predicted molar refractivity (Wildman–Crippen MR) is 82.9 cm³/mol. The fourth-order valence-corrected chi connectivity index (χ4v) is 2.74. The number of carbonyl (C=O) groups excluding carboxylic acids is 2. The Labute approximate surface area is 129 Å². The molecule has 2 amide bonds. The zero-order valence-corrected chi connectivity index (χ0v) is 13.3. The Morgan fingerprint density at radius 1 is 1.41 bits per heavy atom. The highest BCUT2D eigenvalue weighted by molar-refractivity contribution is 7.90. The SMILES string of the molecule is CN1C(=O)COc2ccc(NC(=O)CCCS(C)(=O)=O)cc21. The molecule has 0 radical (unpaired) electrons. The molecule has 1 aliphatic heterocycles. The summed E-state index contributed by atoms with van der Waals surface area (Å²) in [4.78, 5) is 24.8. The summed E-state index contributed by atoms with van der Waals surface area (Å²) in [5.74, 6) is 0.131. The lowest BCUT2D eigenvalue weighted by Crippen LogP contribution is -2.35. The third-order valence-electron chi connectivity index (χ3n) is 3.25. The second-order valence-electron chi connectivity index (χ2n) is 5.21. The number of ether oxygens (including phenoxy) is 1. The predicted octanol–water partition coefficient (Wildman–Crippen LogP) is 0.805. The van der Waals surface area contributed by atoms with Crippen molar-refractivity contribution in [3.8, 4) is 5.75 Å². The van der Waals surface area contributed by atoms with Gasteiger partial charge >= 0.3 is 0 Å². The van der Waals surface area contributed by atoms with E-state index in [1.54, 1.807) is 25.2 Å². The lowest BCUT2D eigenvalue weighted by atomic mass is 10.2. The number of hydrogen-bond acceptors (Lipinski definition) is 5. The van der Waals surface area contributed by atoms with Crippen LogP contribution in [-0.2, 0) is 19.4 Å². The molecule has 7 nitrogen and oxygen atoms in total. The Morgan fingerprint density at radius 2 is 2.14 bits per heavy atom. The lowest BCUT2D eigenvalue weighted by Gasteiger charge is -2.26. The summed E-state index contributed by atoms with van der Waals surface area (Å²) in [5.41, 5.74) is 1.12. The van der Waals surface area contributed by atoms with Crippen LogP contribution in [0.5, 0.6) is 5.75 Å². The van der Waals surface area contributed by atoms with Gasteiger partial charge in [0.1, 0.15) is 15.6 Å². The van der Waals surface area contributed by atoms with E-state index in [9.17, 15) is 18.0 Å². The van der Waals surface area contributed by atoms with Gasteiger partial charge in [-0.3, -0.25) is 9.59 Å². The van der Waals surface area contributed by atoms with Gasteiger partial charge in [-0.05, 0) is 24.6 Å². The molecule has 0 unspecified atom stereocenters. The monoisotopic (exact) mass is 326 g/mol. The Bertz CT molecular complexity index is 699. The van der Waals surface area contributed by atoms with Gasteiger partial charge in [-0.2, -0.15) is 0 Å². The van der Waals surface area contributed by atoms with Crippen LogP contribution in [0.25, 0.3) is 0 Å². The topological polar surface area (TPSA) is 92.8 Å². The Hall–Kier alpha value is -2.09. The first-order chi connectivity index (χ1) is 10.3. The first kappa shape index (κ1) is 16.3. The molecule has 0 atom stereocenters. The summed E-state index contributed by atoms with van der Waals surface area (Å²) in [7, 11) is -1.42. The number of carbonyl (C=O) groups is 2. The first-order valence-corrected chi connectivity index (χ1v) is 8.83. The van der Waals surface area contributed by atoms with Gasteiger partial charge < -0.3 is 15.0 Å². The van der Waals surface area contributed by atoms with E-state index in [1.807, 2.05) is 0 Å². The van der Waals surface area contributed by atoms with Crippen LogP contribution in [0.3, 0.4) is 0 Å². The molecule has 0 bridgehead atoms. The van der Waals surface area contributed by atoms with Crippen LogP contribution >= 0.6 is 0 Å². The Kier molecular flexibility index (Phi) is 4.70. The van der Waals surface area contributed by atoms with Crippen LogP contribution in [0, 0.1) is 0 Å². The van der Waals surface area contributed by atoms with Crippen molar-refractivity contribution in [2.75, 3.05) is 35.9 Å². The summed E-state index contributed by atoms with van der Waals surface area (Å²) in [5, 5.41) is 2.69. The molecule has 1 heterocycles. The summed E-state index contributed by atoms with van der Waals surface area (Å²) in [6, 6.07) is 5.02. The molecule has 1 aromatic carbocycles. The molecule has 0 saturated carbocycles. The number of anilines is 2. The third kappa shape index (κ3) is 4.20. The highest BCUT2D eigenvalue weighted by Crippen LogP contribution is 2.33. The zero-order chi connectivity index (χ0) is 16.3. The molecule has 0 aliphatic carbocycles. The lowest BCUT2D eigenvalue weighted by molar-refractivity contribution is -0.121. The number of amides is 2. The van der Waals surface area contributed by atoms with Gasteiger partial charge in [0.2, 0.25) is 5.91 Å². The van der Waals surface area contributed by atoms with Crippen LogP contribution < -0.4 is 15.0 Å².